The molecule has 0 radical (unpaired) electrons. The fraction of sp³-hybridized carbons (Fsp3) is 0.769. The van der Waals surface area contributed by atoms with Gasteiger partial charge in [-0.05, 0) is 59.6 Å². The Morgan fingerprint density at radius 3 is 2.47 bits per heavy atom. The van der Waals surface area contributed by atoms with Crippen molar-refractivity contribution >= 4 is 0 Å². The van der Waals surface area contributed by atoms with E-state index in [1.807, 2.05) is 0 Å². The molecule has 4 rings (SSSR count). The molecule has 1 aromatic rings. The molecule has 1 unspecified atom stereocenters. The van der Waals surface area contributed by atoms with Crippen LogP contribution in [0.1, 0.15) is 32.8 Å². The van der Waals surface area contributed by atoms with E-state index >= 15 is 0 Å². The van der Waals surface area contributed by atoms with Gasteiger partial charge in [0.1, 0.15) is 22.9 Å². The lowest BCUT2D eigenvalue weighted by Crippen LogP contribution is -2.88. The minimum absolute atomic E-state index is 0.0137. The van der Waals surface area contributed by atoms with Gasteiger partial charge in [-0.1, -0.05) is 6.07 Å². The van der Waals surface area contributed by atoms with E-state index in [9.17, 15) is 24.8 Å². The number of halogens is 1. The summed E-state index contributed by atoms with van der Waals surface area (Å²) in [7, 11) is 6.84. The summed E-state index contributed by atoms with van der Waals surface area (Å²) < 4.78 is 38.4. The van der Waals surface area contributed by atoms with Gasteiger partial charge in [0.2, 0.25) is 12.1 Å². The number of phenols is 1. The molecule has 3 aliphatic rings. The Morgan fingerprint density at radius 1 is 1.21 bits per heavy atom. The molecular weight excluding hydrogens is 501 g/mol. The maximum Gasteiger partial charge on any atom is 0.250 e. The summed E-state index contributed by atoms with van der Waals surface area (Å²) in [5.41, 5.74) is -3.90. The summed E-state index contributed by atoms with van der Waals surface area (Å²) >= 11 is 0. The molecule has 10 atom stereocenters. The predicted molar refractivity (Wildman–Crippen MR) is 135 cm³/mol. The van der Waals surface area contributed by atoms with E-state index in [2.05, 4.69) is 10.6 Å². The fourth-order valence-electron chi connectivity index (χ4n) is 6.73. The molecule has 216 valence electrons. The number of hydrogen-bond donors (Lipinski definition) is 6. The third kappa shape index (κ3) is 4.35. The van der Waals surface area contributed by atoms with Gasteiger partial charge in [-0.3, -0.25) is 0 Å². The molecule has 2 heterocycles. The SMILES string of the molecule is CN[C@@H]1[C@H](O)[C@H](N(C)C)[C@@]2(C)O[C@]3(O)[C@@H](O[C@H](C)C[C@@]3(O)CNCc3ccc(F)c(O)c3)OC2(C)[C@H]1OC. The van der Waals surface area contributed by atoms with Crippen LogP contribution in [0.3, 0.4) is 0 Å². The van der Waals surface area contributed by atoms with Gasteiger partial charge in [-0.15, -0.1) is 0 Å². The van der Waals surface area contributed by atoms with Crippen molar-refractivity contribution in [3.63, 3.8) is 0 Å². The second-order valence-corrected chi connectivity index (χ2v) is 11.4. The molecule has 11 nitrogen and oxygen atoms in total. The van der Waals surface area contributed by atoms with Crippen LogP contribution >= 0.6 is 0 Å². The number of aliphatic hydroxyl groups excluding tert-OH is 1. The standard InChI is InChI=1S/C26H42FN3O8/c1-14-11-25(33,13-29-12-15-8-9-16(27)17(31)10-15)26(34)22(36-14)37-24(3)21(35-7)18(28-4)19(32)20(30(5)6)23(24,2)38-26/h8-10,14,18-22,28-29,31-34H,11-13H2,1-7H3/t14-,18-,19+,20+,21+,22+,23-,24?,25-,26-/m1/s1. The van der Waals surface area contributed by atoms with Crippen LogP contribution in [-0.4, -0.2) is 119 Å². The highest BCUT2D eigenvalue weighted by Gasteiger charge is 2.76. The van der Waals surface area contributed by atoms with E-state index in [1.54, 1.807) is 46.8 Å². The molecule has 1 aromatic carbocycles. The first-order chi connectivity index (χ1) is 17.7. The molecular formula is C26H42FN3O8. The van der Waals surface area contributed by atoms with Crippen LogP contribution in [0.4, 0.5) is 4.39 Å². The number of aliphatic hydroxyl groups is 3. The lowest BCUT2D eigenvalue weighted by Gasteiger charge is -2.69. The molecule has 0 aromatic heterocycles. The lowest BCUT2D eigenvalue weighted by molar-refractivity contribution is -0.522. The van der Waals surface area contributed by atoms with Crippen LogP contribution in [0.15, 0.2) is 18.2 Å². The van der Waals surface area contributed by atoms with Crippen LogP contribution in [0.2, 0.25) is 0 Å². The largest absolute Gasteiger partial charge is 0.505 e. The van der Waals surface area contributed by atoms with Crippen LogP contribution in [0.25, 0.3) is 0 Å². The van der Waals surface area contributed by atoms with Crippen molar-refractivity contribution in [2.75, 3.05) is 34.8 Å². The highest BCUT2D eigenvalue weighted by atomic mass is 19.1. The normalized spacial score (nSPS) is 45.1. The maximum atomic E-state index is 13.4. The maximum absolute atomic E-state index is 13.4. The quantitative estimate of drug-likeness (QED) is 0.268. The highest BCUT2D eigenvalue weighted by Crippen LogP contribution is 2.56. The second kappa shape index (κ2) is 10.2. The van der Waals surface area contributed by atoms with Crippen LogP contribution < -0.4 is 10.6 Å². The zero-order valence-electron chi connectivity index (χ0n) is 23.1. The number of nitrogens with one attached hydrogen (secondary N) is 2. The van der Waals surface area contributed by atoms with Gasteiger partial charge in [0.25, 0.3) is 0 Å². The van der Waals surface area contributed by atoms with E-state index < -0.39 is 70.8 Å². The Balaban J connectivity index is 1.69. The van der Waals surface area contributed by atoms with Crippen molar-refractivity contribution in [3.05, 3.63) is 29.6 Å². The van der Waals surface area contributed by atoms with Crippen molar-refractivity contribution in [2.45, 2.75) is 93.0 Å². The third-order valence-corrected chi connectivity index (χ3v) is 8.70. The molecule has 2 aliphatic heterocycles. The summed E-state index contributed by atoms with van der Waals surface area (Å²) in [4.78, 5) is 1.80. The van der Waals surface area contributed by atoms with Gasteiger partial charge >= 0.3 is 0 Å². The number of methoxy groups -OCH3 is 1. The molecule has 1 aliphatic carbocycles. The van der Waals surface area contributed by atoms with Crippen LogP contribution in [0, 0.1) is 5.82 Å². The summed E-state index contributed by atoms with van der Waals surface area (Å²) in [6, 6.07) is 2.74. The van der Waals surface area contributed by atoms with E-state index in [1.165, 1.54) is 19.2 Å². The molecule has 0 spiro atoms. The molecule has 38 heavy (non-hydrogen) atoms. The summed E-state index contributed by atoms with van der Waals surface area (Å²) in [5, 5.41) is 51.3. The van der Waals surface area contributed by atoms with E-state index in [0.717, 1.165) is 6.07 Å². The molecule has 12 heteroatoms. The molecule has 2 saturated heterocycles. The predicted octanol–water partition coefficient (Wildman–Crippen LogP) is -0.353. The minimum atomic E-state index is -2.33. The van der Waals surface area contributed by atoms with Gasteiger partial charge in [0.15, 0.2) is 11.6 Å². The second-order valence-electron chi connectivity index (χ2n) is 11.4. The number of nitrogens with zero attached hydrogens (tertiary/aromatic N) is 1. The lowest BCUT2D eigenvalue weighted by atomic mass is 9.63. The van der Waals surface area contributed by atoms with Gasteiger partial charge < -0.3 is 54.9 Å². The average molecular weight is 544 g/mol. The third-order valence-electron chi connectivity index (χ3n) is 8.70. The molecule has 1 saturated carbocycles. The van der Waals surface area contributed by atoms with E-state index in [0.29, 0.717) is 5.56 Å². The molecule has 3 fully saturated rings. The zero-order chi connectivity index (χ0) is 28.3. The Bertz CT molecular complexity index is 1020. The summed E-state index contributed by atoms with van der Waals surface area (Å²) in [5.74, 6) is -3.53. The van der Waals surface area contributed by atoms with Crippen molar-refractivity contribution in [3.8, 4) is 5.75 Å². The molecule has 6 N–H and O–H groups in total. The zero-order valence-corrected chi connectivity index (χ0v) is 23.1. The van der Waals surface area contributed by atoms with Gasteiger partial charge in [-0.25, -0.2) is 4.39 Å². The topological polar surface area (TPSA) is 145 Å². The number of fused-ring (bicyclic) bond motifs is 2. The van der Waals surface area contributed by atoms with Crippen molar-refractivity contribution in [1.29, 1.82) is 0 Å². The number of benzene rings is 1. The van der Waals surface area contributed by atoms with E-state index in [-0.39, 0.29) is 19.5 Å². The minimum Gasteiger partial charge on any atom is -0.505 e. The van der Waals surface area contributed by atoms with Crippen molar-refractivity contribution < 1.29 is 43.8 Å². The Labute approximate surface area is 222 Å². The number of likely N-dealkylation sites (N-methyl/N-ethyl adjacent to an activating group) is 2. The number of ether oxygens (including phenoxy) is 4. The summed E-state index contributed by atoms with van der Waals surface area (Å²) in [6.07, 6.45) is -3.55. The van der Waals surface area contributed by atoms with Crippen molar-refractivity contribution in [2.24, 2.45) is 0 Å². The van der Waals surface area contributed by atoms with Crippen LogP contribution in [0.5, 0.6) is 5.75 Å². The molecule has 0 bridgehead atoms. The first kappa shape index (κ1) is 29.5. The number of phenolic OH excluding ortho intramolecular Hbond substituents is 1. The average Bonchev–Trinajstić information content (AvgIpc) is 2.81. The van der Waals surface area contributed by atoms with Crippen molar-refractivity contribution in [1.82, 2.24) is 15.5 Å². The first-order valence-electron chi connectivity index (χ1n) is 12.9. The number of rotatable bonds is 7. The van der Waals surface area contributed by atoms with Crippen LogP contribution in [-0.2, 0) is 25.5 Å². The Morgan fingerprint density at radius 2 is 1.89 bits per heavy atom. The smallest absolute Gasteiger partial charge is 0.250 e. The van der Waals surface area contributed by atoms with Gasteiger partial charge in [0.05, 0.1) is 24.3 Å². The Kier molecular flexibility index (Phi) is 7.91. The Hall–Kier alpha value is -1.45. The molecule has 0 amide bonds. The van der Waals surface area contributed by atoms with Gasteiger partial charge in [0, 0.05) is 26.6 Å². The summed E-state index contributed by atoms with van der Waals surface area (Å²) in [6.45, 7) is 5.34. The fourth-order valence-corrected chi connectivity index (χ4v) is 6.73. The van der Waals surface area contributed by atoms with Gasteiger partial charge in [-0.2, -0.15) is 0 Å². The first-order valence-corrected chi connectivity index (χ1v) is 12.9. The number of aromatic hydroxyl groups is 1. The highest BCUT2D eigenvalue weighted by molar-refractivity contribution is 5.29. The van der Waals surface area contributed by atoms with E-state index in [4.69, 9.17) is 18.9 Å². The number of hydrogen-bond acceptors (Lipinski definition) is 11. The monoisotopic (exact) mass is 543 g/mol.